The van der Waals surface area contributed by atoms with E-state index in [1.54, 1.807) is 30.2 Å². The molecule has 1 heterocycles. The molecule has 2 amide bonds. The first-order valence-electron chi connectivity index (χ1n) is 8.17. The standard InChI is InChI=1S/C20H20Cl2N2O2/c1-12-11-20(2,3)24(18-10-14(26-4)6-7-15(12)18)19(25)23-13-5-8-16(21)17(22)9-13/h5-11H,1-4H3,(H,23,25). The Labute approximate surface area is 163 Å². The molecule has 2 aromatic rings. The van der Waals surface area contributed by atoms with Crippen molar-refractivity contribution in [3.63, 3.8) is 0 Å². The van der Waals surface area contributed by atoms with Crippen molar-refractivity contribution in [1.29, 1.82) is 0 Å². The summed E-state index contributed by atoms with van der Waals surface area (Å²) in [7, 11) is 1.61. The molecule has 0 saturated heterocycles. The molecule has 26 heavy (non-hydrogen) atoms. The minimum Gasteiger partial charge on any atom is -0.497 e. The average molecular weight is 391 g/mol. The van der Waals surface area contributed by atoms with E-state index < -0.39 is 5.54 Å². The molecule has 6 heteroatoms. The van der Waals surface area contributed by atoms with Crippen LogP contribution in [0.5, 0.6) is 5.75 Å². The smallest absolute Gasteiger partial charge is 0.327 e. The van der Waals surface area contributed by atoms with Crippen molar-refractivity contribution in [2.24, 2.45) is 0 Å². The predicted octanol–water partition coefficient (Wildman–Crippen LogP) is 6.24. The summed E-state index contributed by atoms with van der Waals surface area (Å²) >= 11 is 12.0. The van der Waals surface area contributed by atoms with E-state index in [1.165, 1.54) is 0 Å². The van der Waals surface area contributed by atoms with Gasteiger partial charge in [-0.1, -0.05) is 29.3 Å². The molecule has 0 radical (unpaired) electrons. The molecule has 2 aromatic carbocycles. The molecule has 4 nitrogen and oxygen atoms in total. The van der Waals surface area contributed by atoms with Crippen LogP contribution in [0.3, 0.4) is 0 Å². The fraction of sp³-hybridized carbons (Fsp3) is 0.250. The largest absolute Gasteiger partial charge is 0.497 e. The van der Waals surface area contributed by atoms with Crippen LogP contribution in [0.15, 0.2) is 42.5 Å². The van der Waals surface area contributed by atoms with Crippen LogP contribution in [0.4, 0.5) is 16.2 Å². The van der Waals surface area contributed by atoms with E-state index in [2.05, 4.69) is 11.4 Å². The number of methoxy groups -OCH3 is 1. The first-order valence-corrected chi connectivity index (χ1v) is 8.92. The molecule has 0 saturated carbocycles. The van der Waals surface area contributed by atoms with Gasteiger partial charge in [-0.2, -0.15) is 0 Å². The van der Waals surface area contributed by atoms with Crippen LogP contribution in [0, 0.1) is 0 Å². The maximum absolute atomic E-state index is 13.1. The van der Waals surface area contributed by atoms with Crippen LogP contribution in [-0.2, 0) is 0 Å². The van der Waals surface area contributed by atoms with Crippen LogP contribution in [-0.4, -0.2) is 18.7 Å². The molecule has 0 atom stereocenters. The molecule has 1 N–H and O–H groups in total. The third-order valence-electron chi connectivity index (χ3n) is 4.39. The summed E-state index contributed by atoms with van der Waals surface area (Å²) in [6.45, 7) is 6.03. The van der Waals surface area contributed by atoms with Crippen molar-refractivity contribution in [2.75, 3.05) is 17.3 Å². The van der Waals surface area contributed by atoms with Gasteiger partial charge in [-0.3, -0.25) is 4.90 Å². The number of anilines is 2. The topological polar surface area (TPSA) is 41.6 Å². The van der Waals surface area contributed by atoms with E-state index in [4.69, 9.17) is 27.9 Å². The van der Waals surface area contributed by atoms with Gasteiger partial charge in [0.2, 0.25) is 0 Å². The second-order valence-electron chi connectivity index (χ2n) is 6.76. The number of ether oxygens (including phenoxy) is 1. The third kappa shape index (κ3) is 3.39. The predicted molar refractivity (Wildman–Crippen MR) is 109 cm³/mol. The number of halogens is 2. The monoisotopic (exact) mass is 390 g/mol. The summed E-state index contributed by atoms with van der Waals surface area (Å²) in [5.74, 6) is 0.696. The van der Waals surface area contributed by atoms with Crippen molar-refractivity contribution in [3.8, 4) is 5.75 Å². The molecule has 0 spiro atoms. The average Bonchev–Trinajstić information content (AvgIpc) is 2.56. The summed E-state index contributed by atoms with van der Waals surface area (Å²) in [5.41, 5.74) is 2.98. The second-order valence-corrected chi connectivity index (χ2v) is 7.57. The Kier molecular flexibility index (Phi) is 4.91. The molecule has 0 unspecified atom stereocenters. The zero-order valence-corrected chi connectivity index (χ0v) is 16.6. The number of hydrogen-bond acceptors (Lipinski definition) is 2. The molecule has 3 rings (SSSR count). The van der Waals surface area contributed by atoms with E-state index in [0.29, 0.717) is 21.5 Å². The number of urea groups is 1. The first kappa shape index (κ1) is 18.6. The number of allylic oxidation sites excluding steroid dienone is 1. The van der Waals surface area contributed by atoms with Crippen molar-refractivity contribution >= 4 is 46.2 Å². The molecule has 1 aliphatic rings. The summed E-state index contributed by atoms with van der Waals surface area (Å²) in [6, 6.07) is 10.5. The van der Waals surface area contributed by atoms with Crippen LogP contribution >= 0.6 is 23.2 Å². The highest BCUT2D eigenvalue weighted by Crippen LogP contribution is 2.41. The molecule has 0 fully saturated rings. The number of nitrogens with zero attached hydrogens (tertiary/aromatic N) is 1. The lowest BCUT2D eigenvalue weighted by Crippen LogP contribution is -2.50. The Morgan fingerprint density at radius 2 is 1.85 bits per heavy atom. The Morgan fingerprint density at radius 1 is 1.12 bits per heavy atom. The van der Waals surface area contributed by atoms with Gasteiger partial charge in [0.1, 0.15) is 5.75 Å². The zero-order chi connectivity index (χ0) is 19.1. The maximum atomic E-state index is 13.1. The van der Waals surface area contributed by atoms with E-state index in [1.807, 2.05) is 39.0 Å². The van der Waals surface area contributed by atoms with E-state index in [9.17, 15) is 4.79 Å². The van der Waals surface area contributed by atoms with Crippen molar-refractivity contribution in [3.05, 3.63) is 58.1 Å². The Bertz CT molecular complexity index is 907. The molecule has 1 aliphatic heterocycles. The van der Waals surface area contributed by atoms with Crippen LogP contribution < -0.4 is 15.0 Å². The fourth-order valence-electron chi connectivity index (χ4n) is 3.26. The molecule has 0 aromatic heterocycles. The Balaban J connectivity index is 2.02. The lowest BCUT2D eigenvalue weighted by atomic mass is 9.89. The highest BCUT2D eigenvalue weighted by atomic mass is 35.5. The van der Waals surface area contributed by atoms with E-state index in [-0.39, 0.29) is 6.03 Å². The van der Waals surface area contributed by atoms with Crippen molar-refractivity contribution < 1.29 is 9.53 Å². The molecule has 0 aliphatic carbocycles. The number of benzene rings is 2. The summed E-state index contributed by atoms with van der Waals surface area (Å²) in [6.07, 6.45) is 2.08. The van der Waals surface area contributed by atoms with Gasteiger partial charge in [0.05, 0.1) is 28.4 Å². The minimum absolute atomic E-state index is 0.258. The highest BCUT2D eigenvalue weighted by Gasteiger charge is 2.36. The van der Waals surface area contributed by atoms with Crippen LogP contribution in [0.25, 0.3) is 5.57 Å². The second kappa shape index (κ2) is 6.86. The van der Waals surface area contributed by atoms with Gasteiger partial charge < -0.3 is 10.1 Å². The highest BCUT2D eigenvalue weighted by molar-refractivity contribution is 6.42. The number of amides is 2. The minimum atomic E-state index is -0.510. The van der Waals surface area contributed by atoms with E-state index in [0.717, 1.165) is 16.8 Å². The van der Waals surface area contributed by atoms with Gasteiger partial charge in [0, 0.05) is 17.3 Å². The normalized spacial score (nSPS) is 15.2. The lowest BCUT2D eigenvalue weighted by Gasteiger charge is -2.41. The van der Waals surface area contributed by atoms with Gasteiger partial charge in [0.15, 0.2) is 0 Å². The summed E-state index contributed by atoms with van der Waals surface area (Å²) in [4.78, 5) is 14.8. The van der Waals surface area contributed by atoms with Crippen LogP contribution in [0.2, 0.25) is 10.0 Å². The molecule has 0 bridgehead atoms. The number of nitrogens with one attached hydrogen (secondary N) is 1. The quantitative estimate of drug-likeness (QED) is 0.659. The molecular weight excluding hydrogens is 371 g/mol. The number of fused-ring (bicyclic) bond motifs is 1. The van der Waals surface area contributed by atoms with Crippen molar-refractivity contribution in [2.45, 2.75) is 26.3 Å². The first-order chi connectivity index (χ1) is 12.2. The Hall–Kier alpha value is -2.17. The number of carbonyl (C=O) groups excluding carboxylic acids is 1. The Morgan fingerprint density at radius 3 is 2.50 bits per heavy atom. The molecular formula is C20H20Cl2N2O2. The van der Waals surface area contributed by atoms with Gasteiger partial charge in [-0.25, -0.2) is 4.79 Å². The molecule has 136 valence electrons. The van der Waals surface area contributed by atoms with E-state index >= 15 is 0 Å². The van der Waals surface area contributed by atoms with Gasteiger partial charge in [-0.15, -0.1) is 0 Å². The lowest BCUT2D eigenvalue weighted by molar-refractivity contribution is 0.253. The SMILES string of the molecule is COc1ccc2c(c1)N(C(=O)Nc1ccc(Cl)c(Cl)c1)C(C)(C)C=C2C. The van der Waals surface area contributed by atoms with Crippen molar-refractivity contribution in [1.82, 2.24) is 0 Å². The maximum Gasteiger partial charge on any atom is 0.327 e. The van der Waals surface area contributed by atoms with Gasteiger partial charge in [0.25, 0.3) is 0 Å². The number of rotatable bonds is 2. The van der Waals surface area contributed by atoms with Gasteiger partial charge in [-0.05, 0) is 56.7 Å². The van der Waals surface area contributed by atoms with Gasteiger partial charge >= 0.3 is 6.03 Å². The zero-order valence-electron chi connectivity index (χ0n) is 15.1. The number of hydrogen-bond donors (Lipinski definition) is 1. The fourth-order valence-corrected chi connectivity index (χ4v) is 3.56. The number of carbonyl (C=O) groups is 1. The van der Waals surface area contributed by atoms with Crippen LogP contribution in [0.1, 0.15) is 26.3 Å². The summed E-state index contributed by atoms with van der Waals surface area (Å²) < 4.78 is 5.35. The third-order valence-corrected chi connectivity index (χ3v) is 5.13. The summed E-state index contributed by atoms with van der Waals surface area (Å²) in [5, 5.41) is 3.73.